The molecule has 19 heavy (non-hydrogen) atoms. The van der Waals surface area contributed by atoms with Crippen molar-refractivity contribution in [1.82, 2.24) is 4.68 Å². The number of carbonyl (C=O) groups excluding carboxylic acids is 3. The van der Waals surface area contributed by atoms with Crippen LogP contribution in [0.4, 0.5) is 0 Å². The van der Waals surface area contributed by atoms with Crippen LogP contribution < -0.4 is 5.01 Å². The summed E-state index contributed by atoms with van der Waals surface area (Å²) in [7, 11) is 3.61. The molecule has 0 aliphatic rings. The van der Waals surface area contributed by atoms with Crippen LogP contribution in [0.1, 0.15) is 48.4 Å². The molecule has 0 saturated heterocycles. The molecule has 1 heterocycles. The Morgan fingerprint density at radius 1 is 1.11 bits per heavy atom. The molecule has 0 spiro atoms. The third kappa shape index (κ3) is 2.75. The van der Waals surface area contributed by atoms with Crippen LogP contribution >= 0.6 is 0 Å². The molecule has 5 heteroatoms. The number of aromatic nitrogens is 1. The molecular weight excluding hydrogens is 244 g/mol. The summed E-state index contributed by atoms with van der Waals surface area (Å²) in [5.74, 6) is -1.34. The second-order valence-corrected chi connectivity index (χ2v) is 4.94. The Hall–Kier alpha value is -1.91. The normalized spacial score (nSPS) is 10.7. The fraction of sp³-hybridized carbons (Fsp3) is 0.500. The third-order valence-electron chi connectivity index (χ3n) is 3.13. The molecule has 0 unspecified atom stereocenters. The standard InChI is InChI=1S/C14H20N2O3/c1-8-12(9(2)17)7-13(16(8)15(5)6)14(10(3)18)11(4)19/h7,14H,1-6H3. The maximum absolute atomic E-state index is 11.7. The highest BCUT2D eigenvalue weighted by atomic mass is 16.1. The van der Waals surface area contributed by atoms with Crippen LogP contribution in [0.2, 0.25) is 0 Å². The molecule has 0 amide bonds. The molecule has 0 N–H and O–H groups in total. The topological polar surface area (TPSA) is 59.4 Å². The van der Waals surface area contributed by atoms with Crippen LogP contribution in [0.3, 0.4) is 0 Å². The smallest absolute Gasteiger partial charge is 0.161 e. The predicted molar refractivity (Wildman–Crippen MR) is 73.3 cm³/mol. The van der Waals surface area contributed by atoms with Crippen LogP contribution in [-0.4, -0.2) is 36.1 Å². The first-order valence-corrected chi connectivity index (χ1v) is 6.10. The van der Waals surface area contributed by atoms with Crippen LogP contribution in [0.5, 0.6) is 0 Å². The zero-order chi connectivity index (χ0) is 14.9. The number of nitrogens with zero attached hydrogens (tertiary/aromatic N) is 2. The average Bonchev–Trinajstić information content (AvgIpc) is 2.54. The minimum Gasteiger partial charge on any atom is -0.319 e. The van der Waals surface area contributed by atoms with Gasteiger partial charge < -0.3 is 5.01 Å². The number of carbonyl (C=O) groups is 3. The van der Waals surface area contributed by atoms with Crippen molar-refractivity contribution >= 4 is 17.3 Å². The van der Waals surface area contributed by atoms with Crippen molar-refractivity contribution in [1.29, 1.82) is 0 Å². The molecule has 0 saturated carbocycles. The predicted octanol–water partition coefficient (Wildman–Crippen LogP) is 1.46. The van der Waals surface area contributed by atoms with E-state index in [-0.39, 0.29) is 17.3 Å². The van der Waals surface area contributed by atoms with E-state index >= 15 is 0 Å². The van der Waals surface area contributed by atoms with Crippen LogP contribution in [-0.2, 0) is 9.59 Å². The molecule has 1 aromatic heterocycles. The zero-order valence-electron chi connectivity index (χ0n) is 12.3. The van der Waals surface area contributed by atoms with Crippen molar-refractivity contribution in [3.8, 4) is 0 Å². The van der Waals surface area contributed by atoms with E-state index in [1.807, 2.05) is 0 Å². The van der Waals surface area contributed by atoms with Crippen molar-refractivity contribution in [3.05, 3.63) is 23.0 Å². The van der Waals surface area contributed by atoms with Gasteiger partial charge in [-0.25, -0.2) is 0 Å². The molecular formula is C14H20N2O3. The Bertz CT molecular complexity index is 527. The summed E-state index contributed by atoms with van der Waals surface area (Å²) in [6.07, 6.45) is 0. The third-order valence-corrected chi connectivity index (χ3v) is 3.13. The van der Waals surface area contributed by atoms with Gasteiger partial charge in [-0.05, 0) is 33.8 Å². The molecule has 0 aromatic carbocycles. The Labute approximate surface area is 113 Å². The van der Waals surface area contributed by atoms with Gasteiger partial charge in [-0.2, -0.15) is 0 Å². The van der Waals surface area contributed by atoms with E-state index in [0.717, 1.165) is 5.69 Å². The van der Waals surface area contributed by atoms with Gasteiger partial charge in [-0.15, -0.1) is 0 Å². The van der Waals surface area contributed by atoms with Crippen molar-refractivity contribution in [2.75, 3.05) is 19.1 Å². The second kappa shape index (κ2) is 5.38. The fourth-order valence-electron chi connectivity index (χ4n) is 2.42. The lowest BCUT2D eigenvalue weighted by atomic mass is 9.96. The number of Topliss-reactive ketones (excluding diaryl/α,β-unsaturated/α-hetero) is 3. The van der Waals surface area contributed by atoms with E-state index in [1.54, 1.807) is 36.8 Å². The molecule has 0 aliphatic heterocycles. The Balaban J connectivity index is 3.57. The Morgan fingerprint density at radius 3 is 1.89 bits per heavy atom. The first-order valence-electron chi connectivity index (χ1n) is 6.10. The minimum atomic E-state index is -0.825. The summed E-state index contributed by atoms with van der Waals surface area (Å²) in [5, 5.41) is 1.76. The summed E-state index contributed by atoms with van der Waals surface area (Å²) in [6, 6.07) is 1.64. The number of rotatable bonds is 5. The molecule has 0 radical (unpaired) electrons. The van der Waals surface area contributed by atoms with Gasteiger partial charge in [0.05, 0.1) is 5.69 Å². The number of ketones is 3. The van der Waals surface area contributed by atoms with Crippen LogP contribution in [0.25, 0.3) is 0 Å². The maximum Gasteiger partial charge on any atom is 0.161 e. The number of hydrogen-bond acceptors (Lipinski definition) is 4. The SMILES string of the molecule is CC(=O)c1cc(C(C(C)=O)C(C)=O)n(N(C)C)c1C. The van der Waals surface area contributed by atoms with Crippen molar-refractivity contribution in [2.45, 2.75) is 33.6 Å². The highest BCUT2D eigenvalue weighted by Gasteiger charge is 2.29. The lowest BCUT2D eigenvalue weighted by Gasteiger charge is -2.23. The van der Waals surface area contributed by atoms with Gasteiger partial charge in [0.15, 0.2) is 5.78 Å². The van der Waals surface area contributed by atoms with E-state index in [2.05, 4.69) is 0 Å². The fourth-order valence-corrected chi connectivity index (χ4v) is 2.42. The molecule has 1 aromatic rings. The summed E-state index contributed by atoms with van der Waals surface area (Å²) >= 11 is 0. The molecule has 0 atom stereocenters. The zero-order valence-corrected chi connectivity index (χ0v) is 12.3. The average molecular weight is 264 g/mol. The van der Waals surface area contributed by atoms with Gasteiger partial charge in [0.25, 0.3) is 0 Å². The van der Waals surface area contributed by atoms with Gasteiger partial charge in [-0.3, -0.25) is 19.1 Å². The number of hydrogen-bond donors (Lipinski definition) is 0. The van der Waals surface area contributed by atoms with E-state index in [9.17, 15) is 14.4 Å². The van der Waals surface area contributed by atoms with Crippen LogP contribution in [0.15, 0.2) is 6.07 Å². The Morgan fingerprint density at radius 2 is 1.58 bits per heavy atom. The first kappa shape index (κ1) is 15.1. The molecule has 0 bridgehead atoms. The molecule has 1 rings (SSSR count). The molecule has 0 fully saturated rings. The van der Waals surface area contributed by atoms with Crippen molar-refractivity contribution in [2.24, 2.45) is 0 Å². The maximum atomic E-state index is 11.7. The summed E-state index contributed by atoms with van der Waals surface area (Å²) in [4.78, 5) is 35.0. The van der Waals surface area contributed by atoms with Crippen molar-refractivity contribution in [3.63, 3.8) is 0 Å². The van der Waals surface area contributed by atoms with E-state index in [1.165, 1.54) is 20.8 Å². The van der Waals surface area contributed by atoms with Gasteiger partial charge in [-0.1, -0.05) is 0 Å². The Kier molecular flexibility index (Phi) is 4.29. The lowest BCUT2D eigenvalue weighted by molar-refractivity contribution is -0.127. The molecule has 0 aliphatic carbocycles. The lowest BCUT2D eigenvalue weighted by Crippen LogP contribution is -2.31. The van der Waals surface area contributed by atoms with Gasteiger partial charge in [0, 0.05) is 25.4 Å². The molecule has 5 nitrogen and oxygen atoms in total. The van der Waals surface area contributed by atoms with Gasteiger partial charge in [0.2, 0.25) is 0 Å². The highest BCUT2D eigenvalue weighted by molar-refractivity contribution is 6.06. The van der Waals surface area contributed by atoms with E-state index in [0.29, 0.717) is 11.3 Å². The minimum absolute atomic E-state index is 0.0785. The summed E-state index contributed by atoms with van der Waals surface area (Å²) in [6.45, 7) is 6.06. The van der Waals surface area contributed by atoms with E-state index in [4.69, 9.17) is 0 Å². The highest BCUT2D eigenvalue weighted by Crippen LogP contribution is 2.25. The monoisotopic (exact) mass is 264 g/mol. The van der Waals surface area contributed by atoms with Gasteiger partial charge in [0.1, 0.15) is 17.5 Å². The van der Waals surface area contributed by atoms with Crippen molar-refractivity contribution < 1.29 is 14.4 Å². The summed E-state index contributed by atoms with van der Waals surface area (Å²) in [5.41, 5.74) is 1.82. The second-order valence-electron chi connectivity index (χ2n) is 4.94. The first-order chi connectivity index (χ1) is 8.68. The van der Waals surface area contributed by atoms with Crippen LogP contribution in [0, 0.1) is 6.92 Å². The quantitative estimate of drug-likeness (QED) is 0.596. The summed E-state index contributed by atoms with van der Waals surface area (Å²) < 4.78 is 1.74. The van der Waals surface area contributed by atoms with Gasteiger partial charge >= 0.3 is 0 Å². The van der Waals surface area contributed by atoms with E-state index < -0.39 is 5.92 Å². The largest absolute Gasteiger partial charge is 0.319 e. The molecule has 104 valence electrons.